The van der Waals surface area contributed by atoms with E-state index in [0.29, 0.717) is 5.56 Å². The Hall–Kier alpha value is -1.55. The highest BCUT2D eigenvalue weighted by atomic mass is 79.9. The number of benzene rings is 1. The van der Waals surface area contributed by atoms with E-state index in [1.54, 1.807) is 0 Å². The molecule has 0 aliphatic rings. The maximum atomic E-state index is 11.2. The molecule has 0 saturated carbocycles. The fourth-order valence-electron chi connectivity index (χ4n) is 1.69. The van der Waals surface area contributed by atoms with E-state index in [9.17, 15) is 4.79 Å². The molecule has 0 atom stereocenters. The molecule has 1 aromatic heterocycles. The lowest BCUT2D eigenvalue weighted by Gasteiger charge is -2.02. The number of rotatable bonds is 3. The van der Waals surface area contributed by atoms with Crippen molar-refractivity contribution in [2.75, 3.05) is 14.1 Å². The molecular formula is C13H13BrN2O. The van der Waals surface area contributed by atoms with Gasteiger partial charge in [0, 0.05) is 41.2 Å². The van der Waals surface area contributed by atoms with E-state index in [4.69, 9.17) is 0 Å². The summed E-state index contributed by atoms with van der Waals surface area (Å²) >= 11 is 3.41. The Morgan fingerprint density at radius 2 is 2.12 bits per heavy atom. The number of halogens is 1. The van der Waals surface area contributed by atoms with Crippen molar-refractivity contribution in [1.29, 1.82) is 0 Å². The standard InChI is InChI=1S/C13H13BrN2O/c1-16(2)6-5-13-11(8-17)10-7-9(14)3-4-12(10)15-13/h3-8,15H,1-2H3. The second kappa shape index (κ2) is 4.75. The molecule has 0 aliphatic carbocycles. The predicted octanol–water partition coefficient (Wildman–Crippen LogP) is 3.28. The predicted molar refractivity (Wildman–Crippen MR) is 74.1 cm³/mol. The van der Waals surface area contributed by atoms with Crippen LogP contribution in [0.4, 0.5) is 0 Å². The Morgan fingerprint density at radius 1 is 1.35 bits per heavy atom. The summed E-state index contributed by atoms with van der Waals surface area (Å²) in [6.45, 7) is 0. The van der Waals surface area contributed by atoms with Crippen molar-refractivity contribution >= 4 is 39.2 Å². The van der Waals surface area contributed by atoms with Crippen LogP contribution in [0.3, 0.4) is 0 Å². The zero-order valence-corrected chi connectivity index (χ0v) is 11.3. The van der Waals surface area contributed by atoms with Crippen molar-refractivity contribution in [3.05, 3.63) is 40.1 Å². The SMILES string of the molecule is CN(C)C=Cc1[nH]c2ccc(Br)cc2c1C=O. The van der Waals surface area contributed by atoms with E-state index in [1.165, 1.54) is 0 Å². The average molecular weight is 293 g/mol. The molecule has 1 heterocycles. The molecule has 0 radical (unpaired) electrons. The molecular weight excluding hydrogens is 280 g/mol. The number of fused-ring (bicyclic) bond motifs is 1. The molecule has 88 valence electrons. The molecule has 0 unspecified atom stereocenters. The molecule has 1 N–H and O–H groups in total. The molecule has 0 aliphatic heterocycles. The first-order valence-corrected chi connectivity index (χ1v) is 6.02. The quantitative estimate of drug-likeness (QED) is 0.882. The van der Waals surface area contributed by atoms with Crippen LogP contribution in [0.5, 0.6) is 0 Å². The first-order valence-electron chi connectivity index (χ1n) is 5.23. The van der Waals surface area contributed by atoms with Crippen molar-refractivity contribution in [3.8, 4) is 0 Å². The van der Waals surface area contributed by atoms with E-state index >= 15 is 0 Å². The van der Waals surface area contributed by atoms with Crippen molar-refractivity contribution < 1.29 is 4.79 Å². The molecule has 3 nitrogen and oxygen atoms in total. The Balaban J connectivity index is 2.60. The lowest BCUT2D eigenvalue weighted by molar-refractivity contribution is 0.112. The lowest BCUT2D eigenvalue weighted by atomic mass is 10.1. The maximum Gasteiger partial charge on any atom is 0.152 e. The number of aldehydes is 1. The van der Waals surface area contributed by atoms with Gasteiger partial charge in [-0.2, -0.15) is 0 Å². The van der Waals surface area contributed by atoms with Crippen LogP contribution in [-0.2, 0) is 0 Å². The molecule has 2 aromatic rings. The number of hydrogen-bond acceptors (Lipinski definition) is 2. The first-order chi connectivity index (χ1) is 8.11. The summed E-state index contributed by atoms with van der Waals surface area (Å²) < 4.78 is 0.968. The minimum Gasteiger partial charge on any atom is -0.383 e. The van der Waals surface area contributed by atoms with Crippen LogP contribution in [0.25, 0.3) is 17.0 Å². The second-order valence-electron chi connectivity index (χ2n) is 4.04. The number of H-pyrrole nitrogens is 1. The first kappa shape index (κ1) is 11.9. The number of carbonyl (C=O) groups is 1. The number of nitrogens with one attached hydrogen (secondary N) is 1. The summed E-state index contributed by atoms with van der Waals surface area (Å²) in [5, 5.41) is 0.938. The average Bonchev–Trinajstić information content (AvgIpc) is 2.63. The van der Waals surface area contributed by atoms with Gasteiger partial charge in [-0.25, -0.2) is 0 Å². The van der Waals surface area contributed by atoms with Crippen molar-refractivity contribution in [2.45, 2.75) is 0 Å². The molecule has 17 heavy (non-hydrogen) atoms. The number of nitrogens with zero attached hydrogens (tertiary/aromatic N) is 1. The summed E-state index contributed by atoms with van der Waals surface area (Å²) in [5.41, 5.74) is 2.50. The van der Waals surface area contributed by atoms with Crippen LogP contribution in [-0.4, -0.2) is 30.3 Å². The highest BCUT2D eigenvalue weighted by molar-refractivity contribution is 9.10. The fourth-order valence-corrected chi connectivity index (χ4v) is 2.05. The third kappa shape index (κ3) is 2.42. The summed E-state index contributed by atoms with van der Waals surface area (Å²) in [5.74, 6) is 0. The van der Waals surface area contributed by atoms with Crippen LogP contribution < -0.4 is 0 Å². The summed E-state index contributed by atoms with van der Waals surface area (Å²) in [4.78, 5) is 16.3. The summed E-state index contributed by atoms with van der Waals surface area (Å²) in [6.07, 6.45) is 4.70. The smallest absolute Gasteiger partial charge is 0.152 e. The van der Waals surface area contributed by atoms with Gasteiger partial charge >= 0.3 is 0 Å². The highest BCUT2D eigenvalue weighted by Crippen LogP contribution is 2.25. The lowest BCUT2D eigenvalue weighted by Crippen LogP contribution is -1.99. The highest BCUT2D eigenvalue weighted by Gasteiger charge is 2.08. The number of aromatic nitrogens is 1. The van der Waals surface area contributed by atoms with Gasteiger partial charge in [0.1, 0.15) is 0 Å². The zero-order valence-electron chi connectivity index (χ0n) is 9.70. The molecule has 0 amide bonds. The summed E-state index contributed by atoms with van der Waals surface area (Å²) in [6, 6.07) is 5.86. The number of carbonyl (C=O) groups excluding carboxylic acids is 1. The molecule has 0 bridgehead atoms. The van der Waals surface area contributed by atoms with Gasteiger partial charge < -0.3 is 9.88 Å². The van der Waals surface area contributed by atoms with Crippen LogP contribution in [0.2, 0.25) is 0 Å². The van der Waals surface area contributed by atoms with Crippen molar-refractivity contribution in [3.63, 3.8) is 0 Å². The number of aromatic amines is 1. The van der Waals surface area contributed by atoms with E-state index in [1.807, 2.05) is 49.5 Å². The normalized spacial score (nSPS) is 11.2. The van der Waals surface area contributed by atoms with E-state index < -0.39 is 0 Å². The molecule has 2 rings (SSSR count). The van der Waals surface area contributed by atoms with Crippen LogP contribution in [0.15, 0.2) is 28.9 Å². The molecule has 4 heteroatoms. The van der Waals surface area contributed by atoms with Gasteiger partial charge in [0.25, 0.3) is 0 Å². The van der Waals surface area contributed by atoms with Crippen LogP contribution >= 0.6 is 15.9 Å². The minimum absolute atomic E-state index is 0.694. The van der Waals surface area contributed by atoms with E-state index in [2.05, 4.69) is 20.9 Å². The molecule has 0 spiro atoms. The van der Waals surface area contributed by atoms with Gasteiger partial charge in [0.05, 0.1) is 5.69 Å². The fraction of sp³-hybridized carbons (Fsp3) is 0.154. The van der Waals surface area contributed by atoms with E-state index in [-0.39, 0.29) is 0 Å². The van der Waals surface area contributed by atoms with Crippen LogP contribution in [0, 0.1) is 0 Å². The van der Waals surface area contributed by atoms with Gasteiger partial charge in [-0.1, -0.05) is 15.9 Å². The molecule has 0 saturated heterocycles. The summed E-state index contributed by atoms with van der Waals surface area (Å²) in [7, 11) is 3.88. The second-order valence-corrected chi connectivity index (χ2v) is 4.96. The Kier molecular flexibility index (Phi) is 3.33. The Labute approximate surface area is 108 Å². The third-order valence-electron chi connectivity index (χ3n) is 2.49. The molecule has 1 aromatic carbocycles. The van der Waals surface area contributed by atoms with E-state index in [0.717, 1.165) is 27.4 Å². The topological polar surface area (TPSA) is 36.1 Å². The Bertz CT molecular complexity index is 584. The maximum absolute atomic E-state index is 11.2. The van der Waals surface area contributed by atoms with Gasteiger partial charge in [0.2, 0.25) is 0 Å². The van der Waals surface area contributed by atoms with Gasteiger partial charge in [-0.15, -0.1) is 0 Å². The third-order valence-corrected chi connectivity index (χ3v) is 2.98. The minimum atomic E-state index is 0.694. The van der Waals surface area contributed by atoms with Gasteiger partial charge in [0.15, 0.2) is 6.29 Å². The monoisotopic (exact) mass is 292 g/mol. The van der Waals surface area contributed by atoms with Gasteiger partial charge in [-0.05, 0) is 24.3 Å². The molecule has 0 fully saturated rings. The Morgan fingerprint density at radius 3 is 2.76 bits per heavy atom. The van der Waals surface area contributed by atoms with Crippen molar-refractivity contribution in [2.24, 2.45) is 0 Å². The van der Waals surface area contributed by atoms with Gasteiger partial charge in [-0.3, -0.25) is 4.79 Å². The van der Waals surface area contributed by atoms with Crippen LogP contribution in [0.1, 0.15) is 16.1 Å². The largest absolute Gasteiger partial charge is 0.383 e. The number of hydrogen-bond donors (Lipinski definition) is 1. The van der Waals surface area contributed by atoms with Crippen molar-refractivity contribution in [1.82, 2.24) is 9.88 Å². The zero-order chi connectivity index (χ0) is 12.4.